The lowest BCUT2D eigenvalue weighted by molar-refractivity contribution is 1.22. The fourth-order valence-corrected chi connectivity index (χ4v) is 3.36. The van der Waals surface area contributed by atoms with Gasteiger partial charge in [-0.2, -0.15) is 0 Å². The second-order valence-corrected chi connectivity index (χ2v) is 5.96. The lowest BCUT2D eigenvalue weighted by atomic mass is 10.2. The predicted molar refractivity (Wildman–Crippen MR) is 87.2 cm³/mol. The Morgan fingerprint density at radius 3 is 2.62 bits per heavy atom. The van der Waals surface area contributed by atoms with Crippen molar-refractivity contribution < 1.29 is 0 Å². The molecule has 0 saturated heterocycles. The van der Waals surface area contributed by atoms with Crippen LogP contribution < -0.4 is 5.32 Å². The van der Waals surface area contributed by atoms with Gasteiger partial charge in [0.25, 0.3) is 0 Å². The summed E-state index contributed by atoms with van der Waals surface area (Å²) in [7, 11) is 0. The van der Waals surface area contributed by atoms with Crippen molar-refractivity contribution in [1.82, 2.24) is 15.0 Å². The van der Waals surface area contributed by atoms with Crippen molar-refractivity contribution in [1.29, 1.82) is 0 Å². The molecular formula is C16H12N4S. The second-order valence-electron chi connectivity index (χ2n) is 4.75. The van der Waals surface area contributed by atoms with Gasteiger partial charge < -0.3 is 5.32 Å². The number of thiazole rings is 1. The van der Waals surface area contributed by atoms with E-state index in [1.165, 1.54) is 0 Å². The molecule has 0 bridgehead atoms. The van der Waals surface area contributed by atoms with E-state index in [0.29, 0.717) is 0 Å². The fourth-order valence-electron chi connectivity index (χ4n) is 2.40. The van der Waals surface area contributed by atoms with Crippen LogP contribution >= 0.6 is 11.3 Å². The number of benzene rings is 2. The highest BCUT2D eigenvalue weighted by atomic mass is 32.1. The van der Waals surface area contributed by atoms with Crippen molar-refractivity contribution >= 4 is 44.0 Å². The maximum absolute atomic E-state index is 4.55. The van der Waals surface area contributed by atoms with Gasteiger partial charge in [-0.1, -0.05) is 18.2 Å². The van der Waals surface area contributed by atoms with Crippen LogP contribution in [0.5, 0.6) is 0 Å². The van der Waals surface area contributed by atoms with Crippen molar-refractivity contribution in [3.63, 3.8) is 0 Å². The minimum Gasteiger partial charge on any atom is -0.340 e. The Kier molecular flexibility index (Phi) is 2.79. The van der Waals surface area contributed by atoms with Crippen molar-refractivity contribution in [2.75, 3.05) is 5.32 Å². The van der Waals surface area contributed by atoms with E-state index in [0.717, 1.165) is 37.6 Å². The first-order valence-electron chi connectivity index (χ1n) is 6.64. The molecule has 0 radical (unpaired) electrons. The van der Waals surface area contributed by atoms with Crippen LogP contribution in [0, 0.1) is 6.92 Å². The number of rotatable bonds is 2. The van der Waals surface area contributed by atoms with E-state index in [1.807, 2.05) is 49.4 Å². The molecule has 0 spiro atoms. The van der Waals surface area contributed by atoms with Gasteiger partial charge in [-0.05, 0) is 31.2 Å². The van der Waals surface area contributed by atoms with Crippen molar-refractivity contribution in [2.45, 2.75) is 6.92 Å². The highest BCUT2D eigenvalue weighted by molar-refractivity contribution is 7.19. The van der Waals surface area contributed by atoms with E-state index in [9.17, 15) is 0 Å². The fraction of sp³-hybridized carbons (Fsp3) is 0.0625. The zero-order valence-electron chi connectivity index (χ0n) is 11.4. The molecule has 4 aromatic rings. The monoisotopic (exact) mass is 292 g/mol. The third kappa shape index (κ3) is 2.11. The van der Waals surface area contributed by atoms with E-state index in [1.54, 1.807) is 17.7 Å². The lowest BCUT2D eigenvalue weighted by Crippen LogP contribution is -1.95. The number of fused-ring (bicyclic) bond motifs is 3. The summed E-state index contributed by atoms with van der Waals surface area (Å²) in [4.78, 5) is 13.3. The van der Waals surface area contributed by atoms with Gasteiger partial charge in [0, 0.05) is 5.69 Å². The summed E-state index contributed by atoms with van der Waals surface area (Å²) in [6.45, 7) is 2.02. The molecule has 4 rings (SSSR count). The zero-order valence-corrected chi connectivity index (χ0v) is 12.2. The first kappa shape index (κ1) is 12.2. The third-order valence-electron chi connectivity index (χ3n) is 3.30. The third-order valence-corrected chi connectivity index (χ3v) is 4.30. The number of anilines is 2. The molecule has 4 nitrogen and oxygen atoms in total. The molecule has 1 N–H and O–H groups in total. The molecule has 2 heterocycles. The van der Waals surface area contributed by atoms with E-state index in [4.69, 9.17) is 0 Å². The van der Waals surface area contributed by atoms with Crippen molar-refractivity contribution in [3.05, 3.63) is 53.8 Å². The summed E-state index contributed by atoms with van der Waals surface area (Å²) >= 11 is 1.68. The summed E-state index contributed by atoms with van der Waals surface area (Å²) in [6, 6.07) is 14.0. The standard InChI is InChI=1S/C16H12N4S/c1-10-19-13-8-7-12-14(15(13)21-10)16(18-9-17-12)20-11-5-3-2-4-6-11/h2-9H,1H3,(H,17,18,20). The van der Waals surface area contributed by atoms with Crippen LogP contribution in [0.15, 0.2) is 48.8 Å². The number of hydrogen-bond donors (Lipinski definition) is 1. The van der Waals surface area contributed by atoms with Gasteiger partial charge in [0.05, 0.1) is 26.1 Å². The van der Waals surface area contributed by atoms with Gasteiger partial charge in [0.15, 0.2) is 0 Å². The highest BCUT2D eigenvalue weighted by Gasteiger charge is 2.11. The van der Waals surface area contributed by atoms with E-state index in [2.05, 4.69) is 20.3 Å². The molecule has 21 heavy (non-hydrogen) atoms. The first-order chi connectivity index (χ1) is 10.3. The molecule has 0 atom stereocenters. The lowest BCUT2D eigenvalue weighted by Gasteiger charge is -2.08. The van der Waals surface area contributed by atoms with Crippen LogP contribution in [0.4, 0.5) is 11.5 Å². The Morgan fingerprint density at radius 1 is 0.952 bits per heavy atom. The van der Waals surface area contributed by atoms with Gasteiger partial charge in [-0.15, -0.1) is 11.3 Å². The van der Waals surface area contributed by atoms with Crippen LogP contribution in [0.2, 0.25) is 0 Å². The molecule has 2 aromatic carbocycles. The molecule has 0 amide bonds. The Hall–Kier alpha value is -2.53. The number of nitrogens with zero attached hydrogens (tertiary/aromatic N) is 3. The van der Waals surface area contributed by atoms with E-state index >= 15 is 0 Å². The first-order valence-corrected chi connectivity index (χ1v) is 7.46. The molecule has 0 aliphatic heterocycles. The van der Waals surface area contributed by atoms with Crippen LogP contribution in [-0.4, -0.2) is 15.0 Å². The van der Waals surface area contributed by atoms with Crippen LogP contribution in [0.1, 0.15) is 5.01 Å². The second kappa shape index (κ2) is 4.79. The van der Waals surface area contributed by atoms with E-state index in [-0.39, 0.29) is 0 Å². The highest BCUT2D eigenvalue weighted by Crippen LogP contribution is 2.33. The normalized spacial score (nSPS) is 11.1. The van der Waals surface area contributed by atoms with Crippen LogP contribution in [-0.2, 0) is 0 Å². The smallest absolute Gasteiger partial charge is 0.143 e. The van der Waals surface area contributed by atoms with Crippen LogP contribution in [0.25, 0.3) is 21.1 Å². The Morgan fingerprint density at radius 2 is 1.76 bits per heavy atom. The summed E-state index contributed by atoms with van der Waals surface area (Å²) < 4.78 is 1.13. The molecule has 0 unspecified atom stereocenters. The number of aromatic nitrogens is 3. The average Bonchev–Trinajstić information content (AvgIpc) is 2.89. The van der Waals surface area contributed by atoms with Crippen molar-refractivity contribution in [2.24, 2.45) is 0 Å². The predicted octanol–water partition coefficient (Wildman–Crippen LogP) is 4.29. The maximum Gasteiger partial charge on any atom is 0.143 e. The van der Waals surface area contributed by atoms with Gasteiger partial charge in [0.1, 0.15) is 12.1 Å². The Balaban J connectivity index is 1.97. The van der Waals surface area contributed by atoms with Gasteiger partial charge in [-0.25, -0.2) is 15.0 Å². The summed E-state index contributed by atoms with van der Waals surface area (Å²) in [6.07, 6.45) is 1.59. The van der Waals surface area contributed by atoms with Crippen molar-refractivity contribution in [3.8, 4) is 0 Å². The molecule has 5 heteroatoms. The van der Waals surface area contributed by atoms with Crippen LogP contribution in [0.3, 0.4) is 0 Å². The summed E-state index contributed by atoms with van der Waals surface area (Å²) in [5, 5.41) is 5.46. The SMILES string of the molecule is Cc1nc2ccc3ncnc(Nc4ccccc4)c3c2s1. The summed E-state index contributed by atoms with van der Waals surface area (Å²) in [5.74, 6) is 0.820. The average molecular weight is 292 g/mol. The molecule has 0 aliphatic carbocycles. The van der Waals surface area contributed by atoms with E-state index < -0.39 is 0 Å². The molecule has 2 aromatic heterocycles. The minimum absolute atomic E-state index is 0.820. The Labute approximate surface area is 125 Å². The summed E-state index contributed by atoms with van der Waals surface area (Å²) in [5.41, 5.74) is 2.94. The van der Waals surface area contributed by atoms with Gasteiger partial charge in [0.2, 0.25) is 0 Å². The molecule has 0 saturated carbocycles. The minimum atomic E-state index is 0.820. The van der Waals surface area contributed by atoms with Gasteiger partial charge in [-0.3, -0.25) is 0 Å². The quantitative estimate of drug-likeness (QED) is 0.598. The largest absolute Gasteiger partial charge is 0.340 e. The topological polar surface area (TPSA) is 50.7 Å². The molecule has 0 fully saturated rings. The number of hydrogen-bond acceptors (Lipinski definition) is 5. The van der Waals surface area contributed by atoms with Gasteiger partial charge >= 0.3 is 0 Å². The maximum atomic E-state index is 4.55. The molecule has 102 valence electrons. The zero-order chi connectivity index (χ0) is 14.2. The number of nitrogens with one attached hydrogen (secondary N) is 1. The Bertz CT molecular complexity index is 931. The molecule has 0 aliphatic rings. The molecular weight excluding hydrogens is 280 g/mol. The number of aryl methyl sites for hydroxylation is 1. The number of para-hydroxylation sites is 1.